The predicted molar refractivity (Wildman–Crippen MR) is 73.7 cm³/mol. The number of carbonyl (C=O) groups is 1. The largest absolute Gasteiger partial charge is 0.444 e. The van der Waals surface area contributed by atoms with E-state index < -0.39 is 23.3 Å². The van der Waals surface area contributed by atoms with Crippen molar-refractivity contribution in [2.24, 2.45) is 0 Å². The molecule has 0 heterocycles. The number of hydrogen-bond donors (Lipinski definition) is 2. The maximum absolute atomic E-state index is 13.4. The second-order valence-electron chi connectivity index (χ2n) is 5.55. The number of amides is 1. The molecular weight excluding hydrogens is 266 g/mol. The first-order valence-electron chi connectivity index (χ1n) is 6.36. The summed E-state index contributed by atoms with van der Waals surface area (Å²) in [7, 11) is 0. The standard InChI is InChI=1S/C14H20F2N2O2/c1-9(8-17-13(19)20-14(2,3)4)18-12-6-5-10(15)7-11(12)16/h5-7,9,18H,8H2,1-4H3,(H,17,19). The molecule has 0 saturated heterocycles. The lowest BCUT2D eigenvalue weighted by atomic mass is 10.2. The molecule has 1 aromatic carbocycles. The molecule has 1 rings (SSSR count). The first kappa shape index (κ1) is 16.2. The summed E-state index contributed by atoms with van der Waals surface area (Å²) in [4.78, 5) is 11.4. The fourth-order valence-corrected chi connectivity index (χ4v) is 1.47. The highest BCUT2D eigenvalue weighted by molar-refractivity contribution is 5.67. The average molecular weight is 286 g/mol. The van der Waals surface area contributed by atoms with E-state index in [1.807, 2.05) is 0 Å². The molecule has 1 aromatic rings. The van der Waals surface area contributed by atoms with Gasteiger partial charge in [-0.3, -0.25) is 0 Å². The fraction of sp³-hybridized carbons (Fsp3) is 0.500. The molecule has 1 unspecified atom stereocenters. The Hall–Kier alpha value is -1.85. The van der Waals surface area contributed by atoms with Gasteiger partial charge in [-0.05, 0) is 39.8 Å². The van der Waals surface area contributed by atoms with Gasteiger partial charge in [0.1, 0.15) is 17.2 Å². The highest BCUT2D eigenvalue weighted by Crippen LogP contribution is 2.15. The maximum atomic E-state index is 13.4. The van der Waals surface area contributed by atoms with Crippen LogP contribution in [0.25, 0.3) is 0 Å². The van der Waals surface area contributed by atoms with Crippen LogP contribution < -0.4 is 10.6 Å². The molecule has 0 radical (unpaired) electrons. The van der Waals surface area contributed by atoms with Gasteiger partial charge >= 0.3 is 6.09 Å². The third kappa shape index (κ3) is 5.86. The summed E-state index contributed by atoms with van der Waals surface area (Å²) in [6.45, 7) is 7.32. The van der Waals surface area contributed by atoms with Crippen molar-refractivity contribution in [2.45, 2.75) is 39.3 Å². The van der Waals surface area contributed by atoms with Crippen LogP contribution in [0.15, 0.2) is 18.2 Å². The summed E-state index contributed by atoms with van der Waals surface area (Å²) in [5.41, 5.74) is -0.381. The van der Waals surface area contributed by atoms with Gasteiger partial charge < -0.3 is 15.4 Å². The Balaban J connectivity index is 2.44. The first-order chi connectivity index (χ1) is 9.17. The number of rotatable bonds is 4. The molecule has 20 heavy (non-hydrogen) atoms. The molecule has 0 spiro atoms. The van der Waals surface area contributed by atoms with Gasteiger partial charge in [0, 0.05) is 18.7 Å². The minimum absolute atomic E-state index is 0.185. The van der Waals surface area contributed by atoms with Crippen molar-refractivity contribution in [3.05, 3.63) is 29.8 Å². The Morgan fingerprint density at radius 2 is 2.00 bits per heavy atom. The summed E-state index contributed by atoms with van der Waals surface area (Å²) in [6.07, 6.45) is -0.536. The van der Waals surface area contributed by atoms with Crippen molar-refractivity contribution in [3.8, 4) is 0 Å². The van der Waals surface area contributed by atoms with Crippen molar-refractivity contribution in [1.82, 2.24) is 5.32 Å². The smallest absolute Gasteiger partial charge is 0.407 e. The highest BCUT2D eigenvalue weighted by Gasteiger charge is 2.16. The molecule has 1 amide bonds. The molecular formula is C14H20F2N2O2. The van der Waals surface area contributed by atoms with Gasteiger partial charge in [-0.1, -0.05) is 0 Å². The SMILES string of the molecule is CC(CNC(=O)OC(C)(C)C)Nc1ccc(F)cc1F. The lowest BCUT2D eigenvalue weighted by molar-refractivity contribution is 0.0526. The quantitative estimate of drug-likeness (QED) is 0.893. The minimum Gasteiger partial charge on any atom is -0.444 e. The van der Waals surface area contributed by atoms with Crippen molar-refractivity contribution in [1.29, 1.82) is 0 Å². The van der Waals surface area contributed by atoms with Gasteiger partial charge in [-0.2, -0.15) is 0 Å². The molecule has 0 fully saturated rings. The van der Waals surface area contributed by atoms with Crippen LogP contribution in [0.4, 0.5) is 19.3 Å². The number of anilines is 1. The van der Waals surface area contributed by atoms with E-state index in [4.69, 9.17) is 4.74 Å². The molecule has 0 saturated carbocycles. The third-order valence-corrected chi connectivity index (χ3v) is 2.28. The van der Waals surface area contributed by atoms with Crippen LogP contribution in [-0.2, 0) is 4.74 Å². The van der Waals surface area contributed by atoms with E-state index in [1.54, 1.807) is 27.7 Å². The maximum Gasteiger partial charge on any atom is 0.407 e. The van der Waals surface area contributed by atoms with E-state index in [-0.39, 0.29) is 18.3 Å². The summed E-state index contributed by atoms with van der Waals surface area (Å²) in [5, 5.41) is 5.41. The van der Waals surface area contributed by atoms with E-state index in [9.17, 15) is 13.6 Å². The number of nitrogens with one attached hydrogen (secondary N) is 2. The molecule has 112 valence electrons. The van der Waals surface area contributed by atoms with Crippen molar-refractivity contribution >= 4 is 11.8 Å². The van der Waals surface area contributed by atoms with Gasteiger partial charge in [0.15, 0.2) is 0 Å². The van der Waals surface area contributed by atoms with Crippen LogP contribution in [-0.4, -0.2) is 24.3 Å². The Labute approximate surface area is 117 Å². The van der Waals surface area contributed by atoms with Gasteiger partial charge in [0.05, 0.1) is 5.69 Å². The summed E-state index contributed by atoms with van der Waals surface area (Å²) < 4.78 is 31.2. The molecule has 2 N–H and O–H groups in total. The predicted octanol–water partition coefficient (Wildman–Crippen LogP) is 3.29. The number of benzene rings is 1. The summed E-state index contributed by atoms with van der Waals surface area (Å²) in [5.74, 6) is -1.30. The Bertz CT molecular complexity index is 473. The lowest BCUT2D eigenvalue weighted by Crippen LogP contribution is -2.38. The Kier molecular flexibility index (Phi) is 5.30. The van der Waals surface area contributed by atoms with Crippen LogP contribution in [0.5, 0.6) is 0 Å². The molecule has 0 aliphatic heterocycles. The zero-order chi connectivity index (χ0) is 15.3. The topological polar surface area (TPSA) is 50.4 Å². The van der Waals surface area contributed by atoms with E-state index in [0.717, 1.165) is 6.07 Å². The second-order valence-corrected chi connectivity index (χ2v) is 5.55. The van der Waals surface area contributed by atoms with E-state index in [1.165, 1.54) is 12.1 Å². The lowest BCUT2D eigenvalue weighted by Gasteiger charge is -2.21. The first-order valence-corrected chi connectivity index (χ1v) is 6.36. The van der Waals surface area contributed by atoms with Crippen molar-refractivity contribution in [2.75, 3.05) is 11.9 Å². The average Bonchev–Trinajstić information content (AvgIpc) is 2.28. The van der Waals surface area contributed by atoms with Gasteiger partial charge in [-0.15, -0.1) is 0 Å². The molecule has 0 aromatic heterocycles. The van der Waals surface area contributed by atoms with E-state index in [2.05, 4.69) is 10.6 Å². The van der Waals surface area contributed by atoms with Crippen LogP contribution in [0, 0.1) is 11.6 Å². The number of ether oxygens (including phenoxy) is 1. The Morgan fingerprint density at radius 3 is 2.55 bits per heavy atom. The van der Waals surface area contributed by atoms with E-state index in [0.29, 0.717) is 0 Å². The van der Waals surface area contributed by atoms with Crippen molar-refractivity contribution in [3.63, 3.8) is 0 Å². The van der Waals surface area contributed by atoms with Gasteiger partial charge in [-0.25, -0.2) is 13.6 Å². The second kappa shape index (κ2) is 6.54. The fourth-order valence-electron chi connectivity index (χ4n) is 1.47. The zero-order valence-electron chi connectivity index (χ0n) is 12.1. The number of alkyl carbamates (subject to hydrolysis) is 1. The monoisotopic (exact) mass is 286 g/mol. The third-order valence-electron chi connectivity index (χ3n) is 2.28. The summed E-state index contributed by atoms with van der Waals surface area (Å²) in [6, 6.07) is 3.05. The highest BCUT2D eigenvalue weighted by atomic mass is 19.1. The molecule has 6 heteroatoms. The molecule has 0 aliphatic carbocycles. The molecule has 1 atom stereocenters. The van der Waals surface area contributed by atoms with Crippen LogP contribution in [0.3, 0.4) is 0 Å². The molecule has 0 aliphatic rings. The van der Waals surface area contributed by atoms with Crippen LogP contribution in [0.1, 0.15) is 27.7 Å². The van der Waals surface area contributed by atoms with E-state index >= 15 is 0 Å². The number of halogens is 2. The van der Waals surface area contributed by atoms with Crippen LogP contribution >= 0.6 is 0 Å². The minimum atomic E-state index is -0.672. The van der Waals surface area contributed by atoms with Gasteiger partial charge in [0.25, 0.3) is 0 Å². The summed E-state index contributed by atoms with van der Waals surface area (Å²) >= 11 is 0. The number of carbonyl (C=O) groups excluding carboxylic acids is 1. The Morgan fingerprint density at radius 1 is 1.35 bits per heavy atom. The normalized spacial score (nSPS) is 12.7. The van der Waals surface area contributed by atoms with Gasteiger partial charge in [0.2, 0.25) is 0 Å². The zero-order valence-corrected chi connectivity index (χ0v) is 12.1. The van der Waals surface area contributed by atoms with Crippen LogP contribution in [0.2, 0.25) is 0 Å². The van der Waals surface area contributed by atoms with Crippen molar-refractivity contribution < 1.29 is 18.3 Å². The number of hydrogen-bond acceptors (Lipinski definition) is 3. The molecule has 4 nitrogen and oxygen atoms in total. The molecule has 0 bridgehead atoms.